The fourth-order valence-corrected chi connectivity index (χ4v) is 4.65. The maximum atomic E-state index is 5.32. The van der Waals surface area contributed by atoms with Gasteiger partial charge in [-0.05, 0) is 18.1 Å². The van der Waals surface area contributed by atoms with Crippen LogP contribution in [0.3, 0.4) is 0 Å². The first-order valence-corrected chi connectivity index (χ1v) is 11.1. The molecule has 5 aromatic rings. The van der Waals surface area contributed by atoms with E-state index < -0.39 is 0 Å². The average Bonchev–Trinajstić information content (AvgIpc) is 3.45. The van der Waals surface area contributed by atoms with Crippen LogP contribution in [0.1, 0.15) is 29.1 Å². The monoisotopic (exact) mass is 442 g/mol. The molecule has 0 aliphatic carbocycles. The third-order valence-electron chi connectivity index (χ3n) is 5.12. The van der Waals surface area contributed by atoms with Crippen LogP contribution in [0.25, 0.3) is 21.3 Å². The standard InChI is InChI=1S/C24H22N6OS/c1-15-25-23(30-29-15)21(17-11-7-4-8-12-17)28-22-20-18(16-9-5-3-6-10-16)14-32-24(20)27-19(26-22)13-31-2/h3-12,14,21H,13H2,1-2H3,(H,25,29,30)(H,26,27,28). The summed E-state index contributed by atoms with van der Waals surface area (Å²) in [6.07, 6.45) is 0. The molecule has 5 rings (SSSR count). The Morgan fingerprint density at radius 3 is 2.44 bits per heavy atom. The number of H-pyrrole nitrogens is 1. The molecule has 8 heteroatoms. The summed E-state index contributed by atoms with van der Waals surface area (Å²) < 4.78 is 5.32. The van der Waals surface area contributed by atoms with Crippen molar-refractivity contribution in [2.24, 2.45) is 0 Å². The van der Waals surface area contributed by atoms with Gasteiger partial charge in [0, 0.05) is 18.1 Å². The van der Waals surface area contributed by atoms with Crippen molar-refractivity contribution < 1.29 is 4.74 Å². The number of hydrogen-bond acceptors (Lipinski definition) is 7. The van der Waals surface area contributed by atoms with E-state index in [0.29, 0.717) is 18.3 Å². The number of methoxy groups -OCH3 is 1. The second-order valence-corrected chi connectivity index (χ2v) is 8.24. The van der Waals surface area contributed by atoms with Gasteiger partial charge in [0.25, 0.3) is 0 Å². The zero-order valence-electron chi connectivity index (χ0n) is 17.7. The second-order valence-electron chi connectivity index (χ2n) is 7.38. The van der Waals surface area contributed by atoms with Crippen LogP contribution in [0, 0.1) is 6.92 Å². The minimum Gasteiger partial charge on any atom is -0.377 e. The molecule has 3 aromatic heterocycles. The van der Waals surface area contributed by atoms with Crippen LogP contribution in [0.15, 0.2) is 66.0 Å². The summed E-state index contributed by atoms with van der Waals surface area (Å²) in [5.74, 6) is 2.78. The normalized spacial score (nSPS) is 12.2. The molecule has 0 amide bonds. The lowest BCUT2D eigenvalue weighted by molar-refractivity contribution is 0.178. The maximum absolute atomic E-state index is 5.32. The zero-order valence-corrected chi connectivity index (χ0v) is 18.6. The van der Waals surface area contributed by atoms with Gasteiger partial charge in [-0.15, -0.1) is 11.3 Å². The van der Waals surface area contributed by atoms with E-state index >= 15 is 0 Å². The molecule has 2 aromatic carbocycles. The highest BCUT2D eigenvalue weighted by molar-refractivity contribution is 7.17. The Balaban J connectivity index is 1.67. The molecule has 1 unspecified atom stereocenters. The van der Waals surface area contributed by atoms with Crippen molar-refractivity contribution in [1.82, 2.24) is 25.1 Å². The van der Waals surface area contributed by atoms with Crippen LogP contribution in [-0.4, -0.2) is 32.3 Å². The van der Waals surface area contributed by atoms with Crippen molar-refractivity contribution in [3.05, 3.63) is 89.1 Å². The molecule has 0 spiro atoms. The summed E-state index contributed by atoms with van der Waals surface area (Å²) in [6, 6.07) is 20.1. The Kier molecular flexibility index (Phi) is 5.62. The van der Waals surface area contributed by atoms with Crippen LogP contribution in [0.2, 0.25) is 0 Å². The Morgan fingerprint density at radius 2 is 1.75 bits per heavy atom. The minimum atomic E-state index is -0.279. The van der Waals surface area contributed by atoms with Crippen LogP contribution in [0.5, 0.6) is 0 Å². The van der Waals surface area contributed by atoms with E-state index in [1.165, 1.54) is 0 Å². The first-order valence-electron chi connectivity index (χ1n) is 10.3. The van der Waals surface area contributed by atoms with Crippen molar-refractivity contribution in [2.45, 2.75) is 19.6 Å². The van der Waals surface area contributed by atoms with E-state index in [1.54, 1.807) is 18.4 Å². The molecule has 0 fully saturated rings. The van der Waals surface area contributed by atoms with E-state index in [2.05, 4.69) is 50.1 Å². The summed E-state index contributed by atoms with van der Waals surface area (Å²) >= 11 is 1.60. The highest BCUT2D eigenvalue weighted by Crippen LogP contribution is 2.38. The first kappa shape index (κ1) is 20.3. The molecule has 160 valence electrons. The largest absolute Gasteiger partial charge is 0.377 e. The topological polar surface area (TPSA) is 88.6 Å². The van der Waals surface area contributed by atoms with Gasteiger partial charge in [-0.2, -0.15) is 5.10 Å². The van der Waals surface area contributed by atoms with Gasteiger partial charge in [-0.3, -0.25) is 5.10 Å². The molecular formula is C24H22N6OS. The van der Waals surface area contributed by atoms with Gasteiger partial charge in [-0.25, -0.2) is 15.0 Å². The molecule has 0 radical (unpaired) electrons. The summed E-state index contributed by atoms with van der Waals surface area (Å²) in [7, 11) is 1.65. The fraction of sp³-hybridized carbons (Fsp3) is 0.167. The quantitative estimate of drug-likeness (QED) is 0.363. The Bertz CT molecular complexity index is 1330. The van der Waals surface area contributed by atoms with E-state index in [9.17, 15) is 0 Å². The number of nitrogens with one attached hydrogen (secondary N) is 2. The Morgan fingerprint density at radius 1 is 1.00 bits per heavy atom. The molecule has 32 heavy (non-hydrogen) atoms. The highest BCUT2D eigenvalue weighted by Gasteiger charge is 2.23. The highest BCUT2D eigenvalue weighted by atomic mass is 32.1. The first-order chi connectivity index (χ1) is 15.7. The minimum absolute atomic E-state index is 0.279. The van der Waals surface area contributed by atoms with Crippen LogP contribution >= 0.6 is 11.3 Å². The number of thiophene rings is 1. The van der Waals surface area contributed by atoms with Gasteiger partial charge in [0.2, 0.25) is 0 Å². The van der Waals surface area contributed by atoms with E-state index in [1.807, 2.05) is 43.3 Å². The van der Waals surface area contributed by atoms with E-state index in [0.717, 1.165) is 38.5 Å². The van der Waals surface area contributed by atoms with Gasteiger partial charge >= 0.3 is 0 Å². The van der Waals surface area contributed by atoms with Gasteiger partial charge in [0.05, 0.1) is 5.39 Å². The average molecular weight is 443 g/mol. The lowest BCUT2D eigenvalue weighted by Crippen LogP contribution is -2.16. The number of aryl methyl sites for hydroxylation is 1. The van der Waals surface area contributed by atoms with Crippen LogP contribution in [0.4, 0.5) is 5.82 Å². The van der Waals surface area contributed by atoms with Crippen molar-refractivity contribution >= 4 is 27.4 Å². The number of nitrogens with zero attached hydrogens (tertiary/aromatic N) is 4. The number of anilines is 1. The van der Waals surface area contributed by atoms with Crippen LogP contribution in [-0.2, 0) is 11.3 Å². The lowest BCUT2D eigenvalue weighted by Gasteiger charge is -2.18. The molecule has 7 nitrogen and oxygen atoms in total. The predicted molar refractivity (Wildman–Crippen MR) is 127 cm³/mol. The number of rotatable bonds is 7. The molecule has 0 aliphatic heterocycles. The molecule has 0 saturated heterocycles. The number of hydrogen-bond donors (Lipinski definition) is 2. The molecular weight excluding hydrogens is 420 g/mol. The molecule has 0 aliphatic rings. The summed E-state index contributed by atoms with van der Waals surface area (Å²) in [5, 5.41) is 14.1. The molecule has 2 N–H and O–H groups in total. The maximum Gasteiger partial charge on any atom is 0.177 e. The van der Waals surface area contributed by atoms with Crippen molar-refractivity contribution in [3.63, 3.8) is 0 Å². The Labute approximate surface area is 189 Å². The van der Waals surface area contributed by atoms with E-state index in [4.69, 9.17) is 14.7 Å². The summed E-state index contributed by atoms with van der Waals surface area (Å²) in [4.78, 5) is 15.1. The SMILES string of the molecule is COCc1nc(NC(c2ccccc2)c2n[nH]c(C)n2)c2c(-c3ccccc3)csc2n1. The van der Waals surface area contributed by atoms with Gasteiger partial charge < -0.3 is 10.1 Å². The number of benzene rings is 2. The van der Waals surface area contributed by atoms with Crippen LogP contribution < -0.4 is 5.32 Å². The van der Waals surface area contributed by atoms with E-state index in [-0.39, 0.29) is 6.04 Å². The second kappa shape index (κ2) is 8.86. The number of aromatic nitrogens is 5. The number of ether oxygens (including phenoxy) is 1. The lowest BCUT2D eigenvalue weighted by atomic mass is 10.0. The zero-order chi connectivity index (χ0) is 21.9. The van der Waals surface area contributed by atoms with Gasteiger partial charge in [-0.1, -0.05) is 60.7 Å². The summed E-state index contributed by atoms with van der Waals surface area (Å²) in [6.45, 7) is 2.23. The van der Waals surface area contributed by atoms with Gasteiger partial charge in [0.1, 0.15) is 29.1 Å². The third kappa shape index (κ3) is 3.98. The fourth-order valence-electron chi connectivity index (χ4n) is 3.68. The number of aromatic amines is 1. The van der Waals surface area contributed by atoms with Crippen molar-refractivity contribution in [3.8, 4) is 11.1 Å². The summed E-state index contributed by atoms with van der Waals surface area (Å²) in [5.41, 5.74) is 3.26. The van der Waals surface area contributed by atoms with Gasteiger partial charge in [0.15, 0.2) is 11.6 Å². The predicted octanol–water partition coefficient (Wildman–Crippen LogP) is 5.13. The number of fused-ring (bicyclic) bond motifs is 1. The Hall–Kier alpha value is -3.62. The smallest absolute Gasteiger partial charge is 0.177 e. The molecule has 3 heterocycles. The van der Waals surface area contributed by atoms with Crippen molar-refractivity contribution in [1.29, 1.82) is 0 Å². The molecule has 0 bridgehead atoms. The third-order valence-corrected chi connectivity index (χ3v) is 6.00. The molecule has 1 atom stereocenters. The van der Waals surface area contributed by atoms with Crippen molar-refractivity contribution in [2.75, 3.05) is 12.4 Å². The molecule has 0 saturated carbocycles.